The molecule has 1 amide bonds. The van der Waals surface area contributed by atoms with Crippen molar-refractivity contribution in [3.05, 3.63) is 30.1 Å². The largest absolute Gasteiger partial charge is 0.385 e. The van der Waals surface area contributed by atoms with Crippen molar-refractivity contribution >= 4 is 16.9 Å². The number of ether oxygens (including phenoxy) is 1. The van der Waals surface area contributed by atoms with Gasteiger partial charge >= 0.3 is 0 Å². The minimum Gasteiger partial charge on any atom is -0.385 e. The van der Waals surface area contributed by atoms with Crippen LogP contribution in [0.25, 0.3) is 11.0 Å². The van der Waals surface area contributed by atoms with Gasteiger partial charge in [0, 0.05) is 25.8 Å². The Morgan fingerprint density at radius 2 is 2.25 bits per heavy atom. The van der Waals surface area contributed by atoms with Gasteiger partial charge < -0.3 is 15.0 Å². The van der Waals surface area contributed by atoms with Crippen LogP contribution in [0.1, 0.15) is 30.6 Å². The van der Waals surface area contributed by atoms with Crippen LogP contribution in [-0.2, 0) is 4.74 Å². The molecule has 0 aliphatic carbocycles. The molecule has 1 aromatic carbocycles. The van der Waals surface area contributed by atoms with Gasteiger partial charge in [-0.1, -0.05) is 13.8 Å². The highest BCUT2D eigenvalue weighted by atomic mass is 16.5. The Balaban J connectivity index is 1.97. The number of nitrogens with zero attached hydrogens (tertiary/aromatic N) is 1. The van der Waals surface area contributed by atoms with Crippen LogP contribution < -0.4 is 5.32 Å². The van der Waals surface area contributed by atoms with Crippen molar-refractivity contribution in [3.8, 4) is 0 Å². The second kappa shape index (κ2) is 6.05. The maximum absolute atomic E-state index is 12.2. The van der Waals surface area contributed by atoms with Gasteiger partial charge in [0.2, 0.25) is 0 Å². The van der Waals surface area contributed by atoms with Gasteiger partial charge in [-0.3, -0.25) is 4.79 Å². The lowest BCUT2D eigenvalue weighted by Crippen LogP contribution is -2.34. The summed E-state index contributed by atoms with van der Waals surface area (Å²) in [6.45, 7) is 5.55. The smallest absolute Gasteiger partial charge is 0.251 e. The molecule has 5 heteroatoms. The van der Waals surface area contributed by atoms with E-state index in [4.69, 9.17) is 4.74 Å². The van der Waals surface area contributed by atoms with Crippen LogP contribution in [0.5, 0.6) is 0 Å². The van der Waals surface area contributed by atoms with Gasteiger partial charge in [-0.05, 0) is 30.0 Å². The van der Waals surface area contributed by atoms with E-state index in [0.717, 1.165) is 17.5 Å². The highest BCUT2D eigenvalue weighted by molar-refractivity contribution is 5.97. The number of nitrogens with one attached hydrogen (secondary N) is 2. The average molecular weight is 275 g/mol. The summed E-state index contributed by atoms with van der Waals surface area (Å²) in [5.41, 5.74) is 2.39. The van der Waals surface area contributed by atoms with Crippen molar-refractivity contribution in [3.63, 3.8) is 0 Å². The van der Waals surface area contributed by atoms with E-state index >= 15 is 0 Å². The molecule has 108 valence electrons. The molecule has 1 aromatic heterocycles. The van der Waals surface area contributed by atoms with Crippen LogP contribution in [-0.4, -0.2) is 36.1 Å². The van der Waals surface area contributed by atoms with Crippen molar-refractivity contribution in [2.45, 2.75) is 20.3 Å². The summed E-state index contributed by atoms with van der Waals surface area (Å²) in [4.78, 5) is 19.3. The lowest BCUT2D eigenvalue weighted by molar-refractivity contribution is 0.0921. The maximum Gasteiger partial charge on any atom is 0.251 e. The number of aromatic amines is 1. The molecule has 0 atom stereocenters. The highest BCUT2D eigenvalue weighted by Crippen LogP contribution is 2.19. The van der Waals surface area contributed by atoms with Gasteiger partial charge in [0.25, 0.3) is 5.91 Å². The zero-order valence-corrected chi connectivity index (χ0v) is 12.2. The first kappa shape index (κ1) is 14.5. The molecule has 0 bridgehead atoms. The molecule has 0 aliphatic rings. The second-order valence-corrected chi connectivity index (χ2v) is 5.72. The first-order valence-electron chi connectivity index (χ1n) is 6.72. The Morgan fingerprint density at radius 3 is 3.00 bits per heavy atom. The molecule has 2 rings (SSSR count). The zero-order chi connectivity index (χ0) is 14.6. The van der Waals surface area contributed by atoms with Crippen LogP contribution >= 0.6 is 0 Å². The fraction of sp³-hybridized carbons (Fsp3) is 0.467. The summed E-state index contributed by atoms with van der Waals surface area (Å²) < 4.78 is 5.08. The Morgan fingerprint density at radius 1 is 1.45 bits per heavy atom. The van der Waals surface area contributed by atoms with E-state index in [-0.39, 0.29) is 11.3 Å². The predicted octanol–water partition coefficient (Wildman–Crippen LogP) is 2.36. The molecule has 0 spiro atoms. The summed E-state index contributed by atoms with van der Waals surface area (Å²) in [6, 6.07) is 5.46. The molecule has 0 fully saturated rings. The number of amides is 1. The molecule has 5 nitrogen and oxygen atoms in total. The Labute approximate surface area is 118 Å². The van der Waals surface area contributed by atoms with Crippen LogP contribution in [0.15, 0.2) is 24.5 Å². The van der Waals surface area contributed by atoms with Crippen molar-refractivity contribution in [2.75, 3.05) is 20.3 Å². The monoisotopic (exact) mass is 275 g/mol. The van der Waals surface area contributed by atoms with Gasteiger partial charge in [0.05, 0.1) is 17.4 Å². The molecular formula is C15H21N3O2. The minimum atomic E-state index is -0.0630. The first-order chi connectivity index (χ1) is 9.52. The molecular weight excluding hydrogens is 254 g/mol. The highest BCUT2D eigenvalue weighted by Gasteiger charge is 2.19. The Hall–Kier alpha value is -1.88. The first-order valence-corrected chi connectivity index (χ1v) is 6.72. The van der Waals surface area contributed by atoms with Crippen LogP contribution in [0.2, 0.25) is 0 Å². The summed E-state index contributed by atoms with van der Waals surface area (Å²) in [6.07, 6.45) is 2.53. The zero-order valence-electron chi connectivity index (χ0n) is 12.2. The molecule has 0 saturated carbocycles. The van der Waals surface area contributed by atoms with Gasteiger partial charge in [-0.2, -0.15) is 0 Å². The minimum absolute atomic E-state index is 0.0176. The lowest BCUT2D eigenvalue weighted by Gasteiger charge is -2.24. The fourth-order valence-corrected chi connectivity index (χ4v) is 1.97. The van der Waals surface area contributed by atoms with E-state index in [9.17, 15) is 4.79 Å². The van der Waals surface area contributed by atoms with Gasteiger partial charge in [-0.15, -0.1) is 0 Å². The van der Waals surface area contributed by atoms with E-state index in [1.165, 1.54) is 0 Å². The van der Waals surface area contributed by atoms with Crippen molar-refractivity contribution in [1.82, 2.24) is 15.3 Å². The number of methoxy groups -OCH3 is 1. The topological polar surface area (TPSA) is 67.0 Å². The van der Waals surface area contributed by atoms with Crippen molar-refractivity contribution < 1.29 is 9.53 Å². The summed E-state index contributed by atoms with van der Waals surface area (Å²) in [5.74, 6) is -0.0630. The number of hydrogen-bond donors (Lipinski definition) is 2. The summed E-state index contributed by atoms with van der Waals surface area (Å²) >= 11 is 0. The maximum atomic E-state index is 12.2. The Bertz CT molecular complexity index is 590. The van der Waals surface area contributed by atoms with E-state index < -0.39 is 0 Å². The number of hydrogen-bond acceptors (Lipinski definition) is 3. The summed E-state index contributed by atoms with van der Waals surface area (Å²) in [7, 11) is 1.69. The van der Waals surface area contributed by atoms with Gasteiger partial charge in [0.1, 0.15) is 0 Å². The number of fused-ring (bicyclic) bond motifs is 1. The van der Waals surface area contributed by atoms with E-state index in [1.807, 2.05) is 12.1 Å². The second-order valence-electron chi connectivity index (χ2n) is 5.72. The number of carbonyl (C=O) groups excluding carboxylic acids is 1. The quantitative estimate of drug-likeness (QED) is 0.850. The third-order valence-electron chi connectivity index (χ3n) is 3.39. The van der Waals surface area contributed by atoms with Crippen molar-refractivity contribution in [2.24, 2.45) is 5.41 Å². The van der Waals surface area contributed by atoms with E-state index in [0.29, 0.717) is 18.7 Å². The average Bonchev–Trinajstić information content (AvgIpc) is 2.90. The Kier molecular flexibility index (Phi) is 4.39. The molecule has 0 radical (unpaired) electrons. The summed E-state index contributed by atoms with van der Waals surface area (Å²) in [5, 5.41) is 2.98. The fourth-order valence-electron chi connectivity index (χ4n) is 1.97. The normalized spacial score (nSPS) is 11.8. The standard InChI is InChI=1S/C15H21N3O2/c1-15(2,6-7-20-3)9-16-14(19)11-4-5-12-13(8-11)18-10-17-12/h4-5,8,10H,6-7,9H2,1-3H3,(H,16,19)(H,17,18). The third kappa shape index (κ3) is 3.57. The lowest BCUT2D eigenvalue weighted by atomic mass is 9.89. The number of aromatic nitrogens is 2. The molecule has 2 aromatic rings. The van der Waals surface area contributed by atoms with Crippen LogP contribution in [0.4, 0.5) is 0 Å². The number of H-pyrrole nitrogens is 1. The van der Waals surface area contributed by atoms with E-state index in [1.54, 1.807) is 19.5 Å². The number of benzene rings is 1. The third-order valence-corrected chi connectivity index (χ3v) is 3.39. The molecule has 0 unspecified atom stereocenters. The molecule has 0 saturated heterocycles. The van der Waals surface area contributed by atoms with Crippen molar-refractivity contribution in [1.29, 1.82) is 0 Å². The number of imidazole rings is 1. The molecule has 1 heterocycles. The van der Waals surface area contributed by atoms with E-state index in [2.05, 4.69) is 29.1 Å². The number of rotatable bonds is 6. The van der Waals surface area contributed by atoms with Crippen LogP contribution in [0, 0.1) is 5.41 Å². The van der Waals surface area contributed by atoms with Gasteiger partial charge in [-0.25, -0.2) is 4.98 Å². The van der Waals surface area contributed by atoms with Crippen LogP contribution in [0.3, 0.4) is 0 Å². The molecule has 2 N–H and O–H groups in total. The SMILES string of the molecule is COCCC(C)(C)CNC(=O)c1ccc2nc[nH]c2c1. The number of carbonyl (C=O) groups is 1. The molecule has 20 heavy (non-hydrogen) atoms. The predicted molar refractivity (Wildman–Crippen MR) is 78.7 cm³/mol. The molecule has 0 aliphatic heterocycles. The van der Waals surface area contributed by atoms with Gasteiger partial charge in [0.15, 0.2) is 0 Å².